The van der Waals surface area contributed by atoms with Crippen LogP contribution in [0.25, 0.3) is 10.8 Å². The number of aromatic nitrogens is 2. The van der Waals surface area contributed by atoms with E-state index in [1.165, 1.54) is 0 Å². The summed E-state index contributed by atoms with van der Waals surface area (Å²) in [7, 11) is 0. The van der Waals surface area contributed by atoms with E-state index in [0.717, 1.165) is 22.0 Å². The molecule has 2 aromatic heterocycles. The number of amides is 1. The van der Waals surface area contributed by atoms with Gasteiger partial charge in [-0.3, -0.25) is 14.8 Å². The molecule has 1 amide bonds. The average Bonchev–Trinajstić information content (AvgIpc) is 2.55. The number of pyridine rings is 2. The van der Waals surface area contributed by atoms with Gasteiger partial charge >= 0.3 is 0 Å². The van der Waals surface area contributed by atoms with Crippen LogP contribution in [0.15, 0.2) is 61.2 Å². The molecule has 3 rings (SSSR count). The predicted octanol–water partition coefficient (Wildman–Crippen LogP) is 2.66. The number of fused-ring (bicyclic) bond motifs is 1. The number of carbonyl (C=O) groups excluding carboxylic acids is 1. The summed E-state index contributed by atoms with van der Waals surface area (Å²) in [4.78, 5) is 20.2. The number of hydrogen-bond acceptors (Lipinski definition) is 4. The number of nitrogens with zero attached hydrogens (tertiary/aromatic N) is 2. The zero-order valence-corrected chi connectivity index (χ0v) is 11.9. The van der Waals surface area contributed by atoms with Gasteiger partial charge in [-0.25, -0.2) is 0 Å². The van der Waals surface area contributed by atoms with Gasteiger partial charge in [0.05, 0.1) is 0 Å². The third-order valence-corrected chi connectivity index (χ3v) is 3.44. The second-order valence-corrected chi connectivity index (χ2v) is 5.08. The van der Waals surface area contributed by atoms with Crippen molar-refractivity contribution in [3.8, 4) is 0 Å². The van der Waals surface area contributed by atoms with Crippen LogP contribution in [-0.2, 0) is 4.79 Å². The minimum Gasteiger partial charge on any atom is -0.326 e. The van der Waals surface area contributed by atoms with Crippen LogP contribution in [0.5, 0.6) is 0 Å². The van der Waals surface area contributed by atoms with E-state index in [-0.39, 0.29) is 18.4 Å². The van der Waals surface area contributed by atoms with Crippen LogP contribution in [0.1, 0.15) is 18.0 Å². The molecule has 22 heavy (non-hydrogen) atoms. The second kappa shape index (κ2) is 6.32. The van der Waals surface area contributed by atoms with Crippen molar-refractivity contribution in [2.24, 2.45) is 5.73 Å². The SMILES string of the molecule is N[C@@H](CC(=O)Nc1ccc2cnccc2c1)c1cccnc1. The molecule has 0 saturated heterocycles. The summed E-state index contributed by atoms with van der Waals surface area (Å²) in [5.74, 6) is -0.121. The standard InChI is InChI=1S/C17H16N4O/c18-16(14-2-1-6-19-11-14)9-17(22)21-15-4-3-13-10-20-7-5-12(13)8-15/h1-8,10-11,16H,9,18H2,(H,21,22)/t16-/m0/s1. The lowest BCUT2D eigenvalue weighted by Gasteiger charge is -2.12. The predicted molar refractivity (Wildman–Crippen MR) is 86.2 cm³/mol. The van der Waals surface area contributed by atoms with Gasteiger partial charge in [0.2, 0.25) is 5.91 Å². The summed E-state index contributed by atoms with van der Waals surface area (Å²) in [6.45, 7) is 0. The van der Waals surface area contributed by atoms with E-state index in [1.807, 2.05) is 36.4 Å². The molecule has 0 saturated carbocycles. The van der Waals surface area contributed by atoms with E-state index in [9.17, 15) is 4.79 Å². The van der Waals surface area contributed by atoms with Crippen molar-refractivity contribution in [1.29, 1.82) is 0 Å². The Kier molecular flexibility index (Phi) is 4.07. The first-order valence-corrected chi connectivity index (χ1v) is 7.01. The highest BCUT2D eigenvalue weighted by Gasteiger charge is 2.12. The first-order valence-electron chi connectivity index (χ1n) is 7.01. The molecule has 110 valence electrons. The van der Waals surface area contributed by atoms with Crippen LogP contribution in [0.3, 0.4) is 0 Å². The lowest BCUT2D eigenvalue weighted by Crippen LogP contribution is -2.20. The van der Waals surface area contributed by atoms with Gasteiger partial charge in [-0.15, -0.1) is 0 Å². The molecule has 0 unspecified atom stereocenters. The van der Waals surface area contributed by atoms with E-state index < -0.39 is 0 Å². The Balaban J connectivity index is 1.68. The summed E-state index contributed by atoms with van der Waals surface area (Å²) in [6.07, 6.45) is 7.09. The number of nitrogens with two attached hydrogens (primary N) is 1. The smallest absolute Gasteiger partial charge is 0.226 e. The maximum Gasteiger partial charge on any atom is 0.226 e. The number of rotatable bonds is 4. The van der Waals surface area contributed by atoms with Gasteiger partial charge in [0, 0.05) is 48.3 Å². The summed E-state index contributed by atoms with van der Waals surface area (Å²) < 4.78 is 0. The van der Waals surface area contributed by atoms with Gasteiger partial charge in [-0.05, 0) is 35.2 Å². The van der Waals surface area contributed by atoms with Crippen LogP contribution in [0, 0.1) is 0 Å². The third-order valence-electron chi connectivity index (χ3n) is 3.44. The Hall–Kier alpha value is -2.79. The highest BCUT2D eigenvalue weighted by atomic mass is 16.1. The van der Waals surface area contributed by atoms with Crippen LogP contribution in [-0.4, -0.2) is 15.9 Å². The third kappa shape index (κ3) is 3.27. The average molecular weight is 292 g/mol. The Morgan fingerprint density at radius 2 is 1.95 bits per heavy atom. The molecule has 3 aromatic rings. The Morgan fingerprint density at radius 3 is 2.77 bits per heavy atom. The first kappa shape index (κ1) is 14.2. The van der Waals surface area contributed by atoms with Gasteiger partial charge < -0.3 is 11.1 Å². The fourth-order valence-electron chi connectivity index (χ4n) is 2.29. The van der Waals surface area contributed by atoms with E-state index in [4.69, 9.17) is 5.73 Å². The van der Waals surface area contributed by atoms with Crippen LogP contribution in [0.4, 0.5) is 5.69 Å². The molecule has 3 N–H and O–H groups in total. The molecule has 0 spiro atoms. The first-order chi connectivity index (χ1) is 10.7. The summed E-state index contributed by atoms with van der Waals surface area (Å²) in [5, 5.41) is 4.94. The number of anilines is 1. The largest absolute Gasteiger partial charge is 0.326 e. The van der Waals surface area contributed by atoms with Crippen LogP contribution in [0.2, 0.25) is 0 Å². The maximum atomic E-state index is 12.1. The van der Waals surface area contributed by atoms with Crippen molar-refractivity contribution in [3.05, 3.63) is 66.7 Å². The van der Waals surface area contributed by atoms with Crippen molar-refractivity contribution in [1.82, 2.24) is 9.97 Å². The van der Waals surface area contributed by atoms with Crippen molar-refractivity contribution in [3.63, 3.8) is 0 Å². The number of nitrogens with one attached hydrogen (secondary N) is 1. The molecule has 0 aliphatic rings. The number of hydrogen-bond donors (Lipinski definition) is 2. The van der Waals surface area contributed by atoms with Gasteiger partial charge in [0.25, 0.3) is 0 Å². The molecule has 5 heteroatoms. The van der Waals surface area contributed by atoms with E-state index in [0.29, 0.717) is 0 Å². The van der Waals surface area contributed by atoms with Crippen LogP contribution >= 0.6 is 0 Å². The van der Waals surface area contributed by atoms with Gasteiger partial charge in [-0.1, -0.05) is 12.1 Å². The van der Waals surface area contributed by atoms with E-state index in [1.54, 1.807) is 24.8 Å². The molecule has 5 nitrogen and oxygen atoms in total. The van der Waals surface area contributed by atoms with Crippen molar-refractivity contribution >= 4 is 22.4 Å². The summed E-state index contributed by atoms with van der Waals surface area (Å²) >= 11 is 0. The quantitative estimate of drug-likeness (QED) is 0.774. The van der Waals surface area contributed by atoms with Crippen LogP contribution < -0.4 is 11.1 Å². The molecule has 2 heterocycles. The molecular weight excluding hydrogens is 276 g/mol. The molecule has 0 bridgehead atoms. The molecule has 0 fully saturated rings. The Bertz CT molecular complexity index is 789. The van der Waals surface area contributed by atoms with Crippen molar-refractivity contribution < 1.29 is 4.79 Å². The number of benzene rings is 1. The molecule has 0 aliphatic heterocycles. The minimum atomic E-state index is -0.363. The molecule has 1 atom stereocenters. The van der Waals surface area contributed by atoms with Gasteiger partial charge in [0.1, 0.15) is 0 Å². The highest BCUT2D eigenvalue weighted by molar-refractivity contribution is 5.94. The Morgan fingerprint density at radius 1 is 1.09 bits per heavy atom. The topological polar surface area (TPSA) is 80.9 Å². The molecule has 0 aliphatic carbocycles. The monoisotopic (exact) mass is 292 g/mol. The zero-order valence-electron chi connectivity index (χ0n) is 11.9. The maximum absolute atomic E-state index is 12.1. The minimum absolute atomic E-state index is 0.121. The lowest BCUT2D eigenvalue weighted by molar-refractivity contribution is -0.116. The Labute approximate surface area is 128 Å². The molecule has 0 radical (unpaired) electrons. The summed E-state index contributed by atoms with van der Waals surface area (Å²) in [5.41, 5.74) is 7.63. The van der Waals surface area contributed by atoms with Crippen molar-refractivity contribution in [2.45, 2.75) is 12.5 Å². The van der Waals surface area contributed by atoms with E-state index in [2.05, 4.69) is 15.3 Å². The number of carbonyl (C=O) groups is 1. The van der Waals surface area contributed by atoms with Crippen molar-refractivity contribution in [2.75, 3.05) is 5.32 Å². The van der Waals surface area contributed by atoms with Gasteiger partial charge in [0.15, 0.2) is 0 Å². The second-order valence-electron chi connectivity index (χ2n) is 5.08. The van der Waals surface area contributed by atoms with Gasteiger partial charge in [-0.2, -0.15) is 0 Å². The molecular formula is C17H16N4O. The summed E-state index contributed by atoms with van der Waals surface area (Å²) in [6, 6.07) is 10.9. The fraction of sp³-hybridized carbons (Fsp3) is 0.118. The van der Waals surface area contributed by atoms with E-state index >= 15 is 0 Å². The zero-order chi connectivity index (χ0) is 15.4. The highest BCUT2D eigenvalue weighted by Crippen LogP contribution is 2.19. The normalized spacial score (nSPS) is 12.0. The lowest BCUT2D eigenvalue weighted by atomic mass is 10.1. The molecule has 1 aromatic carbocycles. The fourth-order valence-corrected chi connectivity index (χ4v) is 2.29.